The van der Waals surface area contributed by atoms with Crippen molar-refractivity contribution in [3.8, 4) is 0 Å². The summed E-state index contributed by atoms with van der Waals surface area (Å²) in [4.78, 5) is 16.7. The van der Waals surface area contributed by atoms with E-state index in [0.29, 0.717) is 13.2 Å². The highest BCUT2D eigenvalue weighted by molar-refractivity contribution is 5.77. The molecule has 128 valence electrons. The second-order valence-electron chi connectivity index (χ2n) is 6.21. The number of nitrogens with one attached hydrogen (secondary N) is 1. The van der Waals surface area contributed by atoms with Crippen molar-refractivity contribution in [1.29, 1.82) is 0 Å². The standard InChI is InChI=1S/C18H29N3O2/c1-4-23-14-18(22)19-13-17(16-7-5-15(2)6-8-16)21-11-9-20(3)10-12-21/h5-8,17H,4,9-14H2,1-3H3,(H,19,22)/t17-/m1/s1. The molecule has 1 saturated heterocycles. The number of rotatable bonds is 7. The zero-order valence-electron chi connectivity index (χ0n) is 14.5. The Kier molecular flexibility index (Phi) is 7.02. The summed E-state index contributed by atoms with van der Waals surface area (Å²) in [6.45, 7) is 9.49. The van der Waals surface area contributed by atoms with Crippen molar-refractivity contribution in [1.82, 2.24) is 15.1 Å². The van der Waals surface area contributed by atoms with Gasteiger partial charge in [0.1, 0.15) is 6.61 Å². The number of carbonyl (C=O) groups is 1. The van der Waals surface area contributed by atoms with Crippen LogP contribution in [-0.2, 0) is 9.53 Å². The van der Waals surface area contributed by atoms with E-state index < -0.39 is 0 Å². The van der Waals surface area contributed by atoms with Gasteiger partial charge >= 0.3 is 0 Å². The van der Waals surface area contributed by atoms with Crippen LogP contribution in [0.5, 0.6) is 0 Å². The van der Waals surface area contributed by atoms with E-state index in [0.717, 1.165) is 26.2 Å². The van der Waals surface area contributed by atoms with Crippen LogP contribution in [0.2, 0.25) is 0 Å². The summed E-state index contributed by atoms with van der Waals surface area (Å²) in [5.74, 6) is -0.0434. The Labute approximate surface area is 139 Å². The van der Waals surface area contributed by atoms with Crippen LogP contribution in [0, 0.1) is 6.92 Å². The van der Waals surface area contributed by atoms with Crippen molar-refractivity contribution in [2.75, 3.05) is 53.0 Å². The molecule has 1 aliphatic heterocycles. The first-order chi connectivity index (χ1) is 11.1. The minimum Gasteiger partial charge on any atom is -0.372 e. The SMILES string of the molecule is CCOCC(=O)NC[C@H](c1ccc(C)cc1)N1CCN(C)CC1. The summed E-state index contributed by atoms with van der Waals surface area (Å²) in [6, 6.07) is 8.84. The molecule has 1 N–H and O–H groups in total. The number of amides is 1. The lowest BCUT2D eigenvalue weighted by atomic mass is 10.0. The van der Waals surface area contributed by atoms with E-state index in [1.807, 2.05) is 6.92 Å². The van der Waals surface area contributed by atoms with Crippen LogP contribution in [0.15, 0.2) is 24.3 Å². The van der Waals surface area contributed by atoms with Crippen molar-refractivity contribution in [3.63, 3.8) is 0 Å². The van der Waals surface area contributed by atoms with Gasteiger partial charge in [0.15, 0.2) is 0 Å². The molecular weight excluding hydrogens is 290 g/mol. The molecule has 1 atom stereocenters. The van der Waals surface area contributed by atoms with Gasteiger partial charge in [-0.2, -0.15) is 0 Å². The first-order valence-corrected chi connectivity index (χ1v) is 8.43. The Morgan fingerprint density at radius 3 is 2.48 bits per heavy atom. The highest BCUT2D eigenvalue weighted by Crippen LogP contribution is 2.22. The van der Waals surface area contributed by atoms with Crippen molar-refractivity contribution >= 4 is 5.91 Å². The zero-order valence-corrected chi connectivity index (χ0v) is 14.5. The number of ether oxygens (including phenoxy) is 1. The van der Waals surface area contributed by atoms with Gasteiger partial charge < -0.3 is 15.0 Å². The fourth-order valence-corrected chi connectivity index (χ4v) is 2.84. The number of aryl methyl sites for hydroxylation is 1. The van der Waals surface area contributed by atoms with E-state index in [1.165, 1.54) is 11.1 Å². The lowest BCUT2D eigenvalue weighted by Crippen LogP contribution is -2.48. The maximum Gasteiger partial charge on any atom is 0.246 e. The molecule has 0 aromatic heterocycles. The number of likely N-dealkylation sites (N-methyl/N-ethyl adjacent to an activating group) is 1. The van der Waals surface area contributed by atoms with Gasteiger partial charge in [-0.3, -0.25) is 9.69 Å². The molecule has 1 aliphatic rings. The van der Waals surface area contributed by atoms with E-state index in [9.17, 15) is 4.79 Å². The number of hydrogen-bond acceptors (Lipinski definition) is 4. The first kappa shape index (κ1) is 17.9. The lowest BCUT2D eigenvalue weighted by Gasteiger charge is -2.38. The maximum absolute atomic E-state index is 11.9. The van der Waals surface area contributed by atoms with Crippen LogP contribution < -0.4 is 5.32 Å². The second-order valence-corrected chi connectivity index (χ2v) is 6.21. The molecule has 5 heteroatoms. The maximum atomic E-state index is 11.9. The van der Waals surface area contributed by atoms with Crippen LogP contribution in [0.4, 0.5) is 0 Å². The smallest absolute Gasteiger partial charge is 0.246 e. The number of hydrogen-bond donors (Lipinski definition) is 1. The monoisotopic (exact) mass is 319 g/mol. The summed E-state index contributed by atoms with van der Waals surface area (Å²) in [7, 11) is 2.15. The fraction of sp³-hybridized carbons (Fsp3) is 0.611. The molecule has 5 nitrogen and oxygen atoms in total. The zero-order chi connectivity index (χ0) is 16.7. The normalized spacial score (nSPS) is 17.9. The largest absolute Gasteiger partial charge is 0.372 e. The summed E-state index contributed by atoms with van der Waals surface area (Å²) in [5, 5.41) is 3.02. The van der Waals surface area contributed by atoms with Gasteiger partial charge in [-0.25, -0.2) is 0 Å². The molecular formula is C18H29N3O2. The van der Waals surface area contributed by atoms with Gasteiger partial charge in [0, 0.05) is 39.3 Å². The number of benzene rings is 1. The summed E-state index contributed by atoms with van der Waals surface area (Å²) >= 11 is 0. The van der Waals surface area contributed by atoms with E-state index in [-0.39, 0.29) is 18.6 Å². The second kappa shape index (κ2) is 9.01. The van der Waals surface area contributed by atoms with Crippen molar-refractivity contribution in [2.24, 2.45) is 0 Å². The molecule has 2 rings (SSSR count). The minimum absolute atomic E-state index is 0.0434. The van der Waals surface area contributed by atoms with Crippen molar-refractivity contribution in [3.05, 3.63) is 35.4 Å². The molecule has 1 aromatic carbocycles. The van der Waals surface area contributed by atoms with Gasteiger partial charge in [-0.1, -0.05) is 29.8 Å². The number of piperazine rings is 1. The average Bonchev–Trinajstić information content (AvgIpc) is 2.56. The number of nitrogens with zero attached hydrogens (tertiary/aromatic N) is 2. The predicted octanol–water partition coefficient (Wildman–Crippen LogP) is 1.44. The highest BCUT2D eigenvalue weighted by atomic mass is 16.5. The minimum atomic E-state index is -0.0434. The van der Waals surface area contributed by atoms with Crippen LogP contribution >= 0.6 is 0 Å². The Hall–Kier alpha value is -1.43. The molecule has 0 spiro atoms. The third-order valence-corrected chi connectivity index (χ3v) is 4.37. The van der Waals surface area contributed by atoms with Gasteiger partial charge in [0.25, 0.3) is 0 Å². The molecule has 0 saturated carbocycles. The van der Waals surface area contributed by atoms with Gasteiger partial charge in [-0.15, -0.1) is 0 Å². The van der Waals surface area contributed by atoms with E-state index in [2.05, 4.69) is 53.4 Å². The van der Waals surface area contributed by atoms with Crippen LogP contribution in [0.1, 0.15) is 24.1 Å². The van der Waals surface area contributed by atoms with Crippen molar-refractivity contribution < 1.29 is 9.53 Å². The Morgan fingerprint density at radius 1 is 1.22 bits per heavy atom. The van der Waals surface area contributed by atoms with Crippen LogP contribution in [-0.4, -0.2) is 68.7 Å². The van der Waals surface area contributed by atoms with E-state index >= 15 is 0 Å². The number of carbonyl (C=O) groups excluding carboxylic acids is 1. The molecule has 1 amide bonds. The molecule has 0 unspecified atom stereocenters. The molecule has 1 fully saturated rings. The van der Waals surface area contributed by atoms with Gasteiger partial charge in [0.2, 0.25) is 5.91 Å². The fourth-order valence-electron chi connectivity index (χ4n) is 2.84. The topological polar surface area (TPSA) is 44.8 Å². The Balaban J connectivity index is 2.02. The van der Waals surface area contributed by atoms with E-state index in [1.54, 1.807) is 0 Å². The van der Waals surface area contributed by atoms with Crippen molar-refractivity contribution in [2.45, 2.75) is 19.9 Å². The predicted molar refractivity (Wildman–Crippen MR) is 92.5 cm³/mol. The molecule has 1 heterocycles. The Morgan fingerprint density at radius 2 is 1.87 bits per heavy atom. The summed E-state index contributed by atoms with van der Waals surface area (Å²) in [6.07, 6.45) is 0. The van der Waals surface area contributed by atoms with Gasteiger partial charge in [0.05, 0.1) is 6.04 Å². The highest BCUT2D eigenvalue weighted by Gasteiger charge is 2.24. The lowest BCUT2D eigenvalue weighted by molar-refractivity contribution is -0.125. The molecule has 0 radical (unpaired) electrons. The third kappa shape index (κ3) is 5.61. The average molecular weight is 319 g/mol. The molecule has 23 heavy (non-hydrogen) atoms. The molecule has 0 bridgehead atoms. The quantitative estimate of drug-likeness (QED) is 0.826. The molecule has 0 aliphatic carbocycles. The third-order valence-electron chi connectivity index (χ3n) is 4.37. The van der Waals surface area contributed by atoms with E-state index in [4.69, 9.17) is 4.74 Å². The van der Waals surface area contributed by atoms with Crippen LogP contribution in [0.25, 0.3) is 0 Å². The van der Waals surface area contributed by atoms with Crippen LogP contribution in [0.3, 0.4) is 0 Å². The first-order valence-electron chi connectivity index (χ1n) is 8.43. The summed E-state index contributed by atoms with van der Waals surface area (Å²) < 4.78 is 5.18. The Bertz CT molecular complexity index is 482. The van der Waals surface area contributed by atoms with Gasteiger partial charge in [-0.05, 0) is 26.5 Å². The summed E-state index contributed by atoms with van der Waals surface area (Å²) in [5.41, 5.74) is 2.52. The molecule has 1 aromatic rings.